The third kappa shape index (κ3) is 3.56. The van der Waals surface area contributed by atoms with Gasteiger partial charge in [0.25, 0.3) is 0 Å². The predicted molar refractivity (Wildman–Crippen MR) is 91.2 cm³/mol. The number of aryl methyl sites for hydroxylation is 1. The van der Waals surface area contributed by atoms with Crippen LogP contribution in [0.3, 0.4) is 0 Å². The fourth-order valence-electron chi connectivity index (χ4n) is 1.85. The van der Waals surface area contributed by atoms with Crippen molar-refractivity contribution in [3.63, 3.8) is 0 Å². The van der Waals surface area contributed by atoms with Gasteiger partial charge in [-0.1, -0.05) is 22.9 Å². The number of nitrogens with two attached hydrogens (primary N) is 1. The minimum Gasteiger partial charge on any atom is -0.324 e. The van der Waals surface area contributed by atoms with Crippen LogP contribution in [0.25, 0.3) is 0 Å². The van der Waals surface area contributed by atoms with Crippen molar-refractivity contribution in [3.05, 3.63) is 53.7 Å². The molecule has 2 rings (SSSR count). The van der Waals surface area contributed by atoms with Crippen molar-refractivity contribution in [2.75, 3.05) is 0 Å². The Morgan fingerprint density at radius 3 is 2.67 bits per heavy atom. The zero-order chi connectivity index (χ0) is 13.1. The number of hydrogen-bond acceptors (Lipinski definition) is 2. The van der Waals surface area contributed by atoms with E-state index in [2.05, 4.69) is 75.8 Å². The molecule has 0 saturated carbocycles. The van der Waals surface area contributed by atoms with Gasteiger partial charge in [0, 0.05) is 30.3 Å². The summed E-state index contributed by atoms with van der Waals surface area (Å²) in [5.74, 6) is 0. The average Bonchev–Trinajstić information content (AvgIpc) is 2.80. The summed E-state index contributed by atoms with van der Waals surface area (Å²) < 4.78 is 2.32. The summed E-state index contributed by atoms with van der Waals surface area (Å²) in [4.78, 5) is 2.80. The fourth-order valence-corrected chi connectivity index (χ4v) is 3.92. The summed E-state index contributed by atoms with van der Waals surface area (Å²) in [6, 6.07) is 10.8. The van der Waals surface area contributed by atoms with Crippen LogP contribution in [-0.4, -0.2) is 0 Å². The SMILES string of the molecule is CCc1ccc(CC(N)c2cc(I)ccc2Br)s1. The monoisotopic (exact) mass is 435 g/mol. The molecule has 0 aliphatic heterocycles. The first kappa shape index (κ1) is 14.5. The normalized spacial score (nSPS) is 12.7. The molecule has 1 unspecified atom stereocenters. The van der Waals surface area contributed by atoms with Gasteiger partial charge in [0.15, 0.2) is 0 Å². The first-order valence-electron chi connectivity index (χ1n) is 5.88. The molecule has 0 bridgehead atoms. The Labute approximate surface area is 134 Å². The zero-order valence-electron chi connectivity index (χ0n) is 10.1. The smallest absolute Gasteiger partial charge is 0.0355 e. The molecule has 0 amide bonds. The van der Waals surface area contributed by atoms with Crippen LogP contribution >= 0.6 is 49.9 Å². The molecule has 4 heteroatoms. The largest absolute Gasteiger partial charge is 0.324 e. The molecule has 18 heavy (non-hydrogen) atoms. The van der Waals surface area contributed by atoms with E-state index in [1.807, 2.05) is 11.3 Å². The summed E-state index contributed by atoms with van der Waals surface area (Å²) >= 11 is 7.77. The molecule has 1 aromatic carbocycles. The summed E-state index contributed by atoms with van der Waals surface area (Å²) in [6.45, 7) is 2.19. The Balaban J connectivity index is 2.16. The van der Waals surface area contributed by atoms with E-state index in [1.165, 1.54) is 18.9 Å². The first-order chi connectivity index (χ1) is 8.60. The lowest BCUT2D eigenvalue weighted by Crippen LogP contribution is -2.13. The van der Waals surface area contributed by atoms with Gasteiger partial charge in [-0.2, -0.15) is 0 Å². The number of benzene rings is 1. The van der Waals surface area contributed by atoms with Crippen molar-refractivity contribution in [2.24, 2.45) is 5.73 Å². The van der Waals surface area contributed by atoms with Crippen LogP contribution in [-0.2, 0) is 12.8 Å². The van der Waals surface area contributed by atoms with Gasteiger partial charge in [0.1, 0.15) is 0 Å². The topological polar surface area (TPSA) is 26.0 Å². The number of rotatable bonds is 4. The van der Waals surface area contributed by atoms with Gasteiger partial charge in [-0.05, 0) is 64.9 Å². The minimum absolute atomic E-state index is 0.0532. The summed E-state index contributed by atoms with van der Waals surface area (Å²) in [5, 5.41) is 0. The maximum absolute atomic E-state index is 6.32. The van der Waals surface area contributed by atoms with Crippen LogP contribution in [0.1, 0.15) is 28.3 Å². The fraction of sp³-hybridized carbons (Fsp3) is 0.286. The third-order valence-corrected chi connectivity index (χ3v) is 5.49. The Morgan fingerprint density at radius 1 is 1.28 bits per heavy atom. The van der Waals surface area contributed by atoms with E-state index in [0.29, 0.717) is 0 Å². The molecule has 0 spiro atoms. The minimum atomic E-state index is 0.0532. The van der Waals surface area contributed by atoms with Crippen molar-refractivity contribution in [1.82, 2.24) is 0 Å². The van der Waals surface area contributed by atoms with Crippen LogP contribution in [0.5, 0.6) is 0 Å². The molecule has 0 aliphatic rings. The maximum Gasteiger partial charge on any atom is 0.0355 e. The molecule has 1 atom stereocenters. The Morgan fingerprint density at radius 2 is 2.00 bits per heavy atom. The Kier molecular flexibility index (Phi) is 5.24. The standard InChI is InChI=1S/C14H15BrINS/c1-2-10-4-5-11(18-10)8-14(17)12-7-9(16)3-6-13(12)15/h3-7,14H,2,8,17H2,1H3. The maximum atomic E-state index is 6.32. The van der Waals surface area contributed by atoms with Crippen LogP contribution in [0.4, 0.5) is 0 Å². The van der Waals surface area contributed by atoms with Gasteiger partial charge >= 0.3 is 0 Å². The lowest BCUT2D eigenvalue weighted by Gasteiger charge is -2.13. The van der Waals surface area contributed by atoms with Crippen LogP contribution < -0.4 is 5.73 Å². The van der Waals surface area contributed by atoms with E-state index in [1.54, 1.807) is 0 Å². The van der Waals surface area contributed by atoms with Gasteiger partial charge in [0.05, 0.1) is 0 Å². The lowest BCUT2D eigenvalue weighted by atomic mass is 10.0. The molecule has 0 radical (unpaired) electrons. The number of hydrogen-bond donors (Lipinski definition) is 1. The van der Waals surface area contributed by atoms with Gasteiger partial charge in [0.2, 0.25) is 0 Å². The molecule has 1 nitrogen and oxygen atoms in total. The molecule has 1 aromatic heterocycles. The van der Waals surface area contributed by atoms with Crippen LogP contribution in [0.15, 0.2) is 34.8 Å². The van der Waals surface area contributed by atoms with Gasteiger partial charge in [-0.15, -0.1) is 11.3 Å². The average molecular weight is 436 g/mol. The second-order valence-corrected chi connectivity index (χ2v) is 7.55. The summed E-state index contributed by atoms with van der Waals surface area (Å²) in [6.07, 6.45) is 2.01. The number of halogens is 2. The molecule has 96 valence electrons. The van der Waals surface area contributed by atoms with Crippen molar-refractivity contribution in [3.8, 4) is 0 Å². The van der Waals surface area contributed by atoms with E-state index < -0.39 is 0 Å². The van der Waals surface area contributed by atoms with E-state index in [0.717, 1.165) is 17.3 Å². The van der Waals surface area contributed by atoms with E-state index in [-0.39, 0.29) is 6.04 Å². The molecule has 0 fully saturated rings. The molecule has 2 aromatic rings. The second kappa shape index (κ2) is 6.50. The van der Waals surface area contributed by atoms with Gasteiger partial charge in [-0.3, -0.25) is 0 Å². The van der Waals surface area contributed by atoms with E-state index >= 15 is 0 Å². The zero-order valence-corrected chi connectivity index (χ0v) is 14.7. The molecule has 0 aliphatic carbocycles. The van der Waals surface area contributed by atoms with E-state index in [9.17, 15) is 0 Å². The second-order valence-electron chi connectivity index (χ2n) is 4.20. The Bertz CT molecular complexity index is 538. The molecule has 1 heterocycles. The molecule has 0 saturated heterocycles. The first-order valence-corrected chi connectivity index (χ1v) is 8.57. The highest BCUT2D eigenvalue weighted by Gasteiger charge is 2.12. The molecular weight excluding hydrogens is 421 g/mol. The lowest BCUT2D eigenvalue weighted by molar-refractivity contribution is 0.726. The van der Waals surface area contributed by atoms with Crippen LogP contribution in [0, 0.1) is 3.57 Å². The summed E-state index contributed by atoms with van der Waals surface area (Å²) in [7, 11) is 0. The number of thiophene rings is 1. The van der Waals surface area contributed by atoms with Crippen molar-refractivity contribution in [1.29, 1.82) is 0 Å². The highest BCUT2D eigenvalue weighted by molar-refractivity contribution is 14.1. The highest BCUT2D eigenvalue weighted by atomic mass is 127. The van der Waals surface area contributed by atoms with Crippen molar-refractivity contribution < 1.29 is 0 Å². The Hall–Kier alpha value is 0.0900. The van der Waals surface area contributed by atoms with E-state index in [4.69, 9.17) is 5.73 Å². The van der Waals surface area contributed by atoms with Crippen molar-refractivity contribution in [2.45, 2.75) is 25.8 Å². The summed E-state index contributed by atoms with van der Waals surface area (Å²) in [5.41, 5.74) is 7.51. The molecular formula is C14H15BrINS. The van der Waals surface area contributed by atoms with Gasteiger partial charge < -0.3 is 5.73 Å². The third-order valence-electron chi connectivity index (χ3n) is 2.84. The van der Waals surface area contributed by atoms with Crippen molar-refractivity contribution >= 4 is 49.9 Å². The highest BCUT2D eigenvalue weighted by Crippen LogP contribution is 2.28. The quantitative estimate of drug-likeness (QED) is 0.677. The predicted octanol–water partition coefficient (Wildman–Crippen LogP) is 4.92. The van der Waals surface area contributed by atoms with Gasteiger partial charge in [-0.25, -0.2) is 0 Å². The molecule has 2 N–H and O–H groups in total. The van der Waals surface area contributed by atoms with Crippen LogP contribution in [0.2, 0.25) is 0 Å².